The first kappa shape index (κ1) is 55.0. The van der Waals surface area contributed by atoms with Crippen molar-refractivity contribution in [3.05, 3.63) is 189 Å². The van der Waals surface area contributed by atoms with Gasteiger partial charge in [-0.2, -0.15) is 0 Å². The van der Waals surface area contributed by atoms with Gasteiger partial charge < -0.3 is 22.8 Å². The number of nitrogens with zero attached hydrogens (tertiary/aromatic N) is 13. The largest absolute Gasteiger partial charge is 0.339 e. The van der Waals surface area contributed by atoms with Gasteiger partial charge >= 0.3 is 0 Å². The van der Waals surface area contributed by atoms with Crippen molar-refractivity contribution < 1.29 is 50.0 Å². The Hall–Kier alpha value is -5.96. The van der Waals surface area contributed by atoms with E-state index in [2.05, 4.69) is 135 Å². The Morgan fingerprint density at radius 2 is 1.07 bits per heavy atom. The fourth-order valence-electron chi connectivity index (χ4n) is 8.97. The number of unbranched alkanes of at least 4 members (excludes halogenated alkanes) is 1. The van der Waals surface area contributed by atoms with Crippen molar-refractivity contribution in [2.24, 2.45) is 39.1 Å². The topological polar surface area (TPSA) is 117 Å². The van der Waals surface area contributed by atoms with Gasteiger partial charge in [0.1, 0.15) is 6.54 Å². The monoisotopic (exact) mass is 1290 g/mol. The fraction of sp³-hybridized carbons (Fsp3) is 0.345. The van der Waals surface area contributed by atoms with Crippen LogP contribution in [-0.2, 0) is 75.6 Å². The maximum absolute atomic E-state index is 4.70. The first-order valence-electron chi connectivity index (χ1n) is 23.9. The number of aromatic nitrogens is 12. The van der Waals surface area contributed by atoms with Crippen molar-refractivity contribution >= 4 is 5.71 Å². The molecular weight excluding hydrogens is 1220 g/mol. The smallest absolute Gasteiger partial charge is 0.176 e. The van der Waals surface area contributed by atoms with E-state index in [1.165, 1.54) is 16.7 Å². The third-order valence-corrected chi connectivity index (χ3v) is 13.0. The van der Waals surface area contributed by atoms with Gasteiger partial charge in [0.25, 0.3) is 0 Å². The van der Waals surface area contributed by atoms with Gasteiger partial charge in [0.05, 0.1) is 23.8 Å². The predicted octanol–water partition coefficient (Wildman–Crippen LogP) is 9.69. The quantitative estimate of drug-likeness (QED) is 0.0510. The molecule has 8 aromatic heterocycles. The van der Waals surface area contributed by atoms with Crippen molar-refractivity contribution in [2.75, 3.05) is 0 Å². The third kappa shape index (κ3) is 14.8. The molecule has 9 heterocycles. The molecule has 0 bridgehead atoms. The van der Waals surface area contributed by atoms with Crippen molar-refractivity contribution in [1.29, 1.82) is 0 Å². The third-order valence-electron chi connectivity index (χ3n) is 13.0. The van der Waals surface area contributed by atoms with E-state index in [1.807, 2.05) is 107 Å². The Labute approximate surface area is 442 Å². The molecule has 366 valence electrons. The molecule has 0 spiro atoms. The molecule has 9 rings (SSSR count). The molecule has 0 radical (unpaired) electrons. The zero-order valence-electron chi connectivity index (χ0n) is 41.7. The standard InChI is InChI=1S/C39H48N5.2C8H10N4.Os.W/c1-5-31(34-16-24-43(4)25-17-34)28-37(33-13-20-40-21-14-33)29-32(6-2)35-18-26-44(27-19-35)23-8-7-11-36-15-22-41-39(36)38-12-9-10-30(3)42-38;2*1-11-5-3-9-7(11)8-10-4-6-12(8)2;;/h9-10,12-22,24-27,31-32,36-37H,4-8,11,23,28-29H2,1-3H3;2*3-6H,1-2H3;;/q+1;;;;. The van der Waals surface area contributed by atoms with Crippen LogP contribution in [0.1, 0.15) is 105 Å². The van der Waals surface area contributed by atoms with E-state index in [1.54, 1.807) is 24.8 Å². The summed E-state index contributed by atoms with van der Waals surface area (Å²) in [6.45, 7) is 7.71. The summed E-state index contributed by atoms with van der Waals surface area (Å²) in [5.41, 5.74) is 7.41. The molecular formula is C55H68N13OsW+. The van der Waals surface area contributed by atoms with Crippen LogP contribution in [0.4, 0.5) is 0 Å². The van der Waals surface area contributed by atoms with Crippen LogP contribution < -0.4 is 9.13 Å². The van der Waals surface area contributed by atoms with Gasteiger partial charge in [-0.25, -0.2) is 24.5 Å². The number of aryl methyl sites for hydroxylation is 6. The van der Waals surface area contributed by atoms with Crippen LogP contribution in [0, 0.1) is 19.9 Å². The van der Waals surface area contributed by atoms with Crippen LogP contribution in [0.2, 0.25) is 0 Å². The first-order chi connectivity index (χ1) is 33.1. The van der Waals surface area contributed by atoms with Crippen molar-refractivity contribution in [2.45, 2.75) is 90.0 Å². The van der Waals surface area contributed by atoms with Crippen LogP contribution >= 0.6 is 0 Å². The number of allylic oxidation sites excluding steroid dienone is 1. The number of hydrogen-bond donors (Lipinski definition) is 0. The Morgan fingerprint density at radius 1 is 0.600 bits per heavy atom. The maximum atomic E-state index is 4.70. The minimum Gasteiger partial charge on any atom is -0.339 e. The number of pyridine rings is 4. The molecule has 70 heavy (non-hydrogen) atoms. The second-order valence-corrected chi connectivity index (χ2v) is 17.7. The summed E-state index contributed by atoms with van der Waals surface area (Å²) < 4.78 is 12.0. The predicted molar refractivity (Wildman–Crippen MR) is 269 cm³/mol. The van der Waals surface area contributed by atoms with Gasteiger partial charge in [-0.3, -0.25) is 15.0 Å². The number of rotatable bonds is 17. The van der Waals surface area contributed by atoms with Crippen LogP contribution in [0.3, 0.4) is 0 Å². The molecule has 4 unspecified atom stereocenters. The summed E-state index contributed by atoms with van der Waals surface area (Å²) in [5, 5.41) is 0. The van der Waals surface area contributed by atoms with Crippen LogP contribution in [0.15, 0.2) is 159 Å². The van der Waals surface area contributed by atoms with Crippen LogP contribution in [0.25, 0.3) is 23.3 Å². The van der Waals surface area contributed by atoms with E-state index >= 15 is 0 Å². The molecule has 0 saturated carbocycles. The molecule has 1 aliphatic heterocycles. The molecule has 0 N–H and O–H groups in total. The van der Waals surface area contributed by atoms with E-state index in [0.717, 1.165) is 91.9 Å². The first-order valence-corrected chi connectivity index (χ1v) is 23.9. The number of aliphatic imine (C=N–C) groups is 1. The fourth-order valence-corrected chi connectivity index (χ4v) is 8.97. The van der Waals surface area contributed by atoms with E-state index in [4.69, 9.17) is 4.98 Å². The molecule has 1 aliphatic rings. The normalized spacial score (nSPS) is 13.9. The van der Waals surface area contributed by atoms with Gasteiger partial charge in [-0.05, 0) is 98.6 Å². The van der Waals surface area contributed by atoms with Crippen molar-refractivity contribution in [3.8, 4) is 23.3 Å². The molecule has 0 aliphatic carbocycles. The molecule has 0 aromatic carbocycles. The average Bonchev–Trinajstić information content (AvgIpc) is 4.23. The van der Waals surface area contributed by atoms with E-state index < -0.39 is 0 Å². The Balaban J connectivity index is 0.000000283. The summed E-state index contributed by atoms with van der Waals surface area (Å²) in [6, 6.07) is 19.8. The number of hydrogen-bond acceptors (Lipinski definition) is 7. The van der Waals surface area contributed by atoms with Crippen molar-refractivity contribution in [3.63, 3.8) is 0 Å². The Kier molecular flexibility index (Phi) is 21.6. The van der Waals surface area contributed by atoms with Crippen LogP contribution in [0.5, 0.6) is 0 Å². The summed E-state index contributed by atoms with van der Waals surface area (Å²) >= 11 is 0. The minimum atomic E-state index is 0. The maximum Gasteiger partial charge on any atom is 0.176 e. The summed E-state index contributed by atoms with van der Waals surface area (Å²) in [6.07, 6.45) is 39.4. The van der Waals surface area contributed by atoms with Gasteiger partial charge in [0.15, 0.2) is 35.7 Å². The van der Waals surface area contributed by atoms with E-state index in [9.17, 15) is 0 Å². The van der Waals surface area contributed by atoms with Gasteiger partial charge in [0.2, 0.25) is 0 Å². The molecule has 0 saturated heterocycles. The number of imidazole rings is 4. The molecule has 0 fully saturated rings. The summed E-state index contributed by atoms with van der Waals surface area (Å²) in [7, 11) is 11.8. The Bertz CT molecular complexity index is 2670. The minimum absolute atomic E-state index is 0. The SMILES string of the molecule is Cn1ccnc1-c1nccn1C.Cn1ccnc1-c1nccn1C.[CH2-][n+]1ccc(C(CC)CC(CC(CC)c2cc[n+](CCCCC3C=CN=C3c3cccc(C)n3)cc2)c2ccncc2)cc1.[Os].[W]. The molecule has 0 amide bonds. The molecule has 8 aromatic rings. The molecule has 13 nitrogen and oxygen atoms in total. The second kappa shape index (κ2) is 27.4. The average molecular weight is 1290 g/mol. The van der Waals surface area contributed by atoms with Crippen molar-refractivity contribution in [1.82, 2.24) is 48.2 Å². The van der Waals surface area contributed by atoms with E-state index in [0.29, 0.717) is 23.7 Å². The van der Waals surface area contributed by atoms with Gasteiger partial charge in [-0.15, -0.1) is 0 Å². The zero-order chi connectivity index (χ0) is 47.8. The molecule has 4 atom stereocenters. The second-order valence-electron chi connectivity index (χ2n) is 17.7. The van der Waals surface area contributed by atoms with Gasteiger partial charge in [0, 0.05) is 174 Å². The van der Waals surface area contributed by atoms with Gasteiger partial charge in [-0.1, -0.05) is 43.7 Å². The summed E-state index contributed by atoms with van der Waals surface area (Å²) in [5.74, 6) is 5.43. The van der Waals surface area contributed by atoms with Crippen LogP contribution in [-0.4, -0.2) is 53.9 Å². The Morgan fingerprint density at radius 3 is 1.51 bits per heavy atom. The zero-order valence-corrected chi connectivity index (χ0v) is 47.2. The summed E-state index contributed by atoms with van der Waals surface area (Å²) in [4.78, 5) is 30.4. The molecule has 15 heteroatoms. The van der Waals surface area contributed by atoms with E-state index in [-0.39, 0.29) is 40.9 Å².